The second-order valence-electron chi connectivity index (χ2n) is 8.16. The van der Waals surface area contributed by atoms with Crippen molar-refractivity contribution in [1.29, 1.82) is 0 Å². The van der Waals surface area contributed by atoms with E-state index in [0.717, 1.165) is 24.8 Å². The summed E-state index contributed by atoms with van der Waals surface area (Å²) in [6.45, 7) is 2.16. The number of carbonyl (C=O) groups is 3. The Labute approximate surface area is 193 Å². The lowest BCUT2D eigenvalue weighted by atomic mass is 9.91. The summed E-state index contributed by atoms with van der Waals surface area (Å²) in [4.78, 5) is 43.6. The van der Waals surface area contributed by atoms with Gasteiger partial charge in [-0.2, -0.15) is 0 Å². The lowest BCUT2D eigenvalue weighted by Crippen LogP contribution is -2.50. The van der Waals surface area contributed by atoms with Crippen molar-refractivity contribution in [3.8, 4) is 0 Å². The fraction of sp³-hybridized carbons (Fsp3) is 0.440. The third-order valence-corrected chi connectivity index (χ3v) is 5.80. The SMILES string of the molecule is CCOC(=O)[C@H](Cc1ccccc1F)NC(=O)CN1CCCC(CCc2ccncc2)C1=O. The van der Waals surface area contributed by atoms with Crippen LogP contribution in [0.15, 0.2) is 48.8 Å². The highest BCUT2D eigenvalue weighted by Crippen LogP contribution is 2.23. The van der Waals surface area contributed by atoms with Crippen LogP contribution in [0.25, 0.3) is 0 Å². The fourth-order valence-electron chi connectivity index (χ4n) is 4.07. The average Bonchev–Trinajstić information content (AvgIpc) is 2.81. The summed E-state index contributed by atoms with van der Waals surface area (Å²) in [5, 5.41) is 2.64. The monoisotopic (exact) mass is 455 g/mol. The number of piperidine rings is 1. The molecule has 2 amide bonds. The summed E-state index contributed by atoms with van der Waals surface area (Å²) < 4.78 is 19.1. The Kier molecular flexibility index (Phi) is 8.92. The molecular weight excluding hydrogens is 425 g/mol. The number of halogens is 1. The van der Waals surface area contributed by atoms with E-state index in [4.69, 9.17) is 4.74 Å². The molecule has 1 aromatic carbocycles. The zero-order valence-corrected chi connectivity index (χ0v) is 18.8. The molecule has 176 valence electrons. The highest BCUT2D eigenvalue weighted by Gasteiger charge is 2.31. The van der Waals surface area contributed by atoms with E-state index in [2.05, 4.69) is 10.3 Å². The molecule has 1 aromatic heterocycles. The summed E-state index contributed by atoms with van der Waals surface area (Å²) >= 11 is 0. The first-order valence-corrected chi connectivity index (χ1v) is 11.3. The molecular formula is C25H30FN3O4. The van der Waals surface area contributed by atoms with E-state index in [0.29, 0.717) is 18.5 Å². The number of hydrogen-bond acceptors (Lipinski definition) is 5. The zero-order chi connectivity index (χ0) is 23.6. The van der Waals surface area contributed by atoms with Gasteiger partial charge in [0.05, 0.1) is 13.2 Å². The average molecular weight is 456 g/mol. The Morgan fingerprint density at radius 3 is 2.73 bits per heavy atom. The van der Waals surface area contributed by atoms with Gasteiger partial charge in [0.1, 0.15) is 11.9 Å². The van der Waals surface area contributed by atoms with E-state index < -0.39 is 23.7 Å². The summed E-state index contributed by atoms with van der Waals surface area (Å²) in [5.41, 5.74) is 1.43. The van der Waals surface area contributed by atoms with E-state index >= 15 is 0 Å². The van der Waals surface area contributed by atoms with Gasteiger partial charge in [0, 0.05) is 31.3 Å². The number of carbonyl (C=O) groups excluding carboxylic acids is 3. The van der Waals surface area contributed by atoms with E-state index in [9.17, 15) is 18.8 Å². The molecule has 1 N–H and O–H groups in total. The molecule has 1 fully saturated rings. The fourth-order valence-corrected chi connectivity index (χ4v) is 4.07. The number of amides is 2. The highest BCUT2D eigenvalue weighted by molar-refractivity contribution is 5.89. The number of esters is 1. The van der Waals surface area contributed by atoms with Crippen LogP contribution in [0.5, 0.6) is 0 Å². The number of benzene rings is 1. The molecule has 33 heavy (non-hydrogen) atoms. The Bertz CT molecular complexity index is 954. The number of rotatable bonds is 10. The van der Waals surface area contributed by atoms with Crippen LogP contribution in [-0.4, -0.2) is 53.4 Å². The molecule has 0 saturated carbocycles. The van der Waals surface area contributed by atoms with Gasteiger partial charge in [-0.25, -0.2) is 9.18 Å². The van der Waals surface area contributed by atoms with Crippen LogP contribution >= 0.6 is 0 Å². The van der Waals surface area contributed by atoms with Gasteiger partial charge in [0.15, 0.2) is 0 Å². The van der Waals surface area contributed by atoms with Crippen molar-refractivity contribution >= 4 is 17.8 Å². The molecule has 2 atom stereocenters. The summed E-state index contributed by atoms with van der Waals surface area (Å²) in [6.07, 6.45) is 6.52. The predicted molar refractivity (Wildman–Crippen MR) is 121 cm³/mol. The van der Waals surface area contributed by atoms with Gasteiger partial charge in [0.25, 0.3) is 0 Å². The molecule has 3 rings (SSSR count). The molecule has 1 aliphatic heterocycles. The second kappa shape index (κ2) is 12.1. The Balaban J connectivity index is 1.58. The van der Waals surface area contributed by atoms with Crippen molar-refractivity contribution in [2.75, 3.05) is 19.7 Å². The van der Waals surface area contributed by atoms with Gasteiger partial charge in [0.2, 0.25) is 11.8 Å². The van der Waals surface area contributed by atoms with Gasteiger partial charge >= 0.3 is 5.97 Å². The Morgan fingerprint density at radius 1 is 1.24 bits per heavy atom. The normalized spacial score (nSPS) is 16.8. The van der Waals surface area contributed by atoms with Gasteiger partial charge in [-0.1, -0.05) is 18.2 Å². The number of nitrogens with one attached hydrogen (secondary N) is 1. The Morgan fingerprint density at radius 2 is 2.00 bits per heavy atom. The molecule has 1 saturated heterocycles. The molecule has 2 aromatic rings. The maximum atomic E-state index is 14.1. The molecule has 8 heteroatoms. The van der Waals surface area contributed by atoms with Crippen LogP contribution in [0.2, 0.25) is 0 Å². The minimum Gasteiger partial charge on any atom is -0.464 e. The molecule has 1 unspecified atom stereocenters. The summed E-state index contributed by atoms with van der Waals surface area (Å²) in [5.74, 6) is -1.74. The summed E-state index contributed by atoms with van der Waals surface area (Å²) in [7, 11) is 0. The smallest absolute Gasteiger partial charge is 0.328 e. The number of aryl methyl sites for hydroxylation is 1. The van der Waals surface area contributed by atoms with E-state index in [1.807, 2.05) is 12.1 Å². The van der Waals surface area contributed by atoms with Crippen molar-refractivity contribution in [2.24, 2.45) is 5.92 Å². The van der Waals surface area contributed by atoms with Crippen LogP contribution in [0.4, 0.5) is 4.39 Å². The maximum Gasteiger partial charge on any atom is 0.328 e. The number of pyridine rings is 1. The van der Waals surface area contributed by atoms with Crippen molar-refractivity contribution < 1.29 is 23.5 Å². The molecule has 0 aliphatic carbocycles. The van der Waals surface area contributed by atoms with E-state index in [1.54, 1.807) is 42.4 Å². The number of aromatic nitrogens is 1. The molecule has 0 radical (unpaired) electrons. The van der Waals surface area contributed by atoms with Gasteiger partial charge in [-0.05, 0) is 61.9 Å². The minimum atomic E-state index is -1.03. The van der Waals surface area contributed by atoms with Crippen LogP contribution < -0.4 is 5.32 Å². The number of ether oxygens (including phenoxy) is 1. The highest BCUT2D eigenvalue weighted by atomic mass is 19.1. The third-order valence-electron chi connectivity index (χ3n) is 5.80. The van der Waals surface area contributed by atoms with Crippen LogP contribution in [0.1, 0.15) is 37.3 Å². The molecule has 0 spiro atoms. The first kappa shape index (κ1) is 24.4. The molecule has 1 aliphatic rings. The number of likely N-dealkylation sites (tertiary alicyclic amines) is 1. The second-order valence-corrected chi connectivity index (χ2v) is 8.16. The topological polar surface area (TPSA) is 88.6 Å². The first-order chi connectivity index (χ1) is 16.0. The largest absolute Gasteiger partial charge is 0.464 e. The quantitative estimate of drug-likeness (QED) is 0.557. The van der Waals surface area contributed by atoms with Crippen molar-refractivity contribution in [2.45, 2.75) is 45.1 Å². The van der Waals surface area contributed by atoms with Crippen LogP contribution in [0.3, 0.4) is 0 Å². The standard InChI is InChI=1S/C25H30FN3O4/c1-2-33-25(32)22(16-20-6-3-4-8-21(20)26)28-23(30)17-29-15-5-7-19(24(29)31)10-9-18-11-13-27-14-12-18/h3-4,6,8,11-14,19,22H,2,5,7,9-10,15-17H2,1H3,(H,28,30)/t19?,22-/m0/s1. The van der Waals surface area contributed by atoms with E-state index in [-0.39, 0.29) is 31.4 Å². The van der Waals surface area contributed by atoms with Crippen molar-refractivity contribution in [1.82, 2.24) is 15.2 Å². The molecule has 0 bridgehead atoms. The predicted octanol–water partition coefficient (Wildman–Crippen LogP) is 2.68. The van der Waals surface area contributed by atoms with Gasteiger partial charge < -0.3 is 15.0 Å². The van der Waals surface area contributed by atoms with Crippen molar-refractivity contribution in [3.05, 3.63) is 65.7 Å². The van der Waals surface area contributed by atoms with Gasteiger partial charge in [-0.3, -0.25) is 14.6 Å². The zero-order valence-electron chi connectivity index (χ0n) is 18.8. The summed E-state index contributed by atoms with van der Waals surface area (Å²) in [6, 6.07) is 8.93. The van der Waals surface area contributed by atoms with Crippen LogP contribution in [0, 0.1) is 11.7 Å². The third kappa shape index (κ3) is 7.10. The molecule has 2 heterocycles. The minimum absolute atomic E-state index is 0.0280. The number of hydrogen-bond donors (Lipinski definition) is 1. The van der Waals surface area contributed by atoms with Gasteiger partial charge in [-0.15, -0.1) is 0 Å². The Hall–Kier alpha value is -3.29. The first-order valence-electron chi connectivity index (χ1n) is 11.3. The van der Waals surface area contributed by atoms with E-state index in [1.165, 1.54) is 6.07 Å². The maximum absolute atomic E-state index is 14.1. The lowest BCUT2D eigenvalue weighted by molar-refractivity contribution is -0.148. The van der Waals surface area contributed by atoms with Crippen LogP contribution in [-0.2, 0) is 32.0 Å². The molecule has 7 nitrogen and oxygen atoms in total. The lowest BCUT2D eigenvalue weighted by Gasteiger charge is -2.32. The van der Waals surface area contributed by atoms with Crippen molar-refractivity contribution in [3.63, 3.8) is 0 Å². The number of nitrogens with zero attached hydrogens (tertiary/aromatic N) is 2.